The van der Waals surface area contributed by atoms with Gasteiger partial charge in [-0.25, -0.2) is 4.98 Å². The summed E-state index contributed by atoms with van der Waals surface area (Å²) in [5.41, 5.74) is 1.41. The molecule has 6 nitrogen and oxygen atoms in total. The van der Waals surface area contributed by atoms with Gasteiger partial charge in [0.25, 0.3) is 0 Å². The summed E-state index contributed by atoms with van der Waals surface area (Å²) < 4.78 is 5.58. The summed E-state index contributed by atoms with van der Waals surface area (Å²) in [6, 6.07) is 0. The first-order chi connectivity index (χ1) is 13.1. The average molecular weight is 394 g/mol. The summed E-state index contributed by atoms with van der Waals surface area (Å²) in [6.07, 6.45) is 7.51. The van der Waals surface area contributed by atoms with Crippen molar-refractivity contribution >= 4 is 17.3 Å². The van der Waals surface area contributed by atoms with Crippen molar-refractivity contribution in [1.82, 2.24) is 20.5 Å². The predicted octanol–water partition coefficient (Wildman–Crippen LogP) is 2.50. The minimum atomic E-state index is 0.253. The van der Waals surface area contributed by atoms with Crippen LogP contribution in [0.1, 0.15) is 47.7 Å². The van der Waals surface area contributed by atoms with E-state index in [1.165, 1.54) is 42.0 Å². The minimum Gasteiger partial charge on any atom is -0.379 e. The summed E-state index contributed by atoms with van der Waals surface area (Å²) >= 11 is 1.80. The van der Waals surface area contributed by atoms with Gasteiger partial charge in [-0.15, -0.1) is 11.3 Å². The Morgan fingerprint density at radius 1 is 1.19 bits per heavy atom. The third kappa shape index (κ3) is 5.42. The summed E-state index contributed by atoms with van der Waals surface area (Å²) in [4.78, 5) is 13.0. The van der Waals surface area contributed by atoms with Crippen LogP contribution < -0.4 is 10.6 Å². The van der Waals surface area contributed by atoms with Crippen molar-refractivity contribution in [1.29, 1.82) is 0 Å². The quantitative estimate of drug-likeness (QED) is 0.574. The summed E-state index contributed by atoms with van der Waals surface area (Å²) in [7, 11) is 1.86. The first kappa shape index (κ1) is 20.6. The van der Waals surface area contributed by atoms with E-state index in [1.807, 2.05) is 7.05 Å². The molecular weight excluding hydrogens is 358 g/mol. The van der Waals surface area contributed by atoms with Crippen LogP contribution in [0.15, 0.2) is 4.99 Å². The number of guanidine groups is 1. The van der Waals surface area contributed by atoms with Crippen LogP contribution in [0, 0.1) is 13.8 Å². The molecular formula is C20H35N5OS. The molecule has 2 heterocycles. The molecule has 1 aliphatic heterocycles. The number of aromatic nitrogens is 1. The van der Waals surface area contributed by atoms with E-state index < -0.39 is 0 Å². The number of nitrogens with zero attached hydrogens (tertiary/aromatic N) is 3. The zero-order valence-corrected chi connectivity index (χ0v) is 18.0. The summed E-state index contributed by atoms with van der Waals surface area (Å²) in [5, 5.41) is 8.29. The van der Waals surface area contributed by atoms with Crippen LogP contribution in [0.5, 0.6) is 0 Å². The van der Waals surface area contributed by atoms with Crippen LogP contribution in [-0.4, -0.2) is 67.8 Å². The van der Waals surface area contributed by atoms with Gasteiger partial charge in [-0.2, -0.15) is 0 Å². The lowest BCUT2D eigenvalue weighted by Crippen LogP contribution is -2.60. The van der Waals surface area contributed by atoms with E-state index in [2.05, 4.69) is 39.4 Å². The molecule has 1 saturated carbocycles. The lowest BCUT2D eigenvalue weighted by Gasteiger charge is -2.48. The van der Waals surface area contributed by atoms with Gasteiger partial charge in [0, 0.05) is 50.1 Å². The monoisotopic (exact) mass is 393 g/mol. The molecule has 0 aromatic carbocycles. The molecule has 2 aliphatic rings. The van der Waals surface area contributed by atoms with Crippen molar-refractivity contribution < 1.29 is 4.74 Å². The van der Waals surface area contributed by atoms with Crippen molar-refractivity contribution in [2.24, 2.45) is 4.99 Å². The number of thiazole rings is 1. The molecule has 1 saturated heterocycles. The Bertz CT molecular complexity index is 598. The van der Waals surface area contributed by atoms with E-state index in [-0.39, 0.29) is 5.54 Å². The number of nitrogens with one attached hydrogen (secondary N) is 2. The normalized spacial score (nSPS) is 21.2. The molecule has 0 unspecified atom stereocenters. The first-order valence-corrected chi connectivity index (χ1v) is 11.1. The maximum Gasteiger partial charge on any atom is 0.191 e. The Labute approximate surface area is 167 Å². The van der Waals surface area contributed by atoms with E-state index >= 15 is 0 Å². The number of aryl methyl sites for hydroxylation is 2. The fraction of sp³-hybridized carbons (Fsp3) is 0.800. The Kier molecular flexibility index (Phi) is 7.49. The molecule has 1 aliphatic carbocycles. The largest absolute Gasteiger partial charge is 0.379 e. The number of ether oxygens (including phenoxy) is 1. The Morgan fingerprint density at radius 3 is 2.56 bits per heavy atom. The van der Waals surface area contributed by atoms with Crippen LogP contribution in [0.2, 0.25) is 0 Å². The molecule has 1 aromatic rings. The van der Waals surface area contributed by atoms with Gasteiger partial charge < -0.3 is 15.4 Å². The van der Waals surface area contributed by atoms with Crippen molar-refractivity contribution in [2.45, 2.75) is 57.9 Å². The standard InChI is InChI=1S/C20H35N5OS/c1-16-17(2)27-18(24-16)7-10-22-19(21-3)23-15-20(8-5-4-6-9-20)25-11-13-26-14-12-25/h4-15H2,1-3H3,(H2,21,22,23). The van der Waals surface area contributed by atoms with Crippen LogP contribution >= 0.6 is 11.3 Å². The molecule has 152 valence electrons. The van der Waals surface area contributed by atoms with Crippen LogP contribution in [0.3, 0.4) is 0 Å². The molecule has 7 heteroatoms. The van der Waals surface area contributed by atoms with E-state index in [9.17, 15) is 0 Å². The highest BCUT2D eigenvalue weighted by Crippen LogP contribution is 2.33. The topological polar surface area (TPSA) is 61.8 Å². The number of hydrogen-bond donors (Lipinski definition) is 2. The summed E-state index contributed by atoms with van der Waals surface area (Å²) in [6.45, 7) is 9.87. The third-order valence-corrected chi connectivity index (χ3v) is 7.11. The Morgan fingerprint density at radius 2 is 1.93 bits per heavy atom. The van der Waals surface area contributed by atoms with Crippen LogP contribution in [0.25, 0.3) is 0 Å². The van der Waals surface area contributed by atoms with Gasteiger partial charge in [0.15, 0.2) is 5.96 Å². The number of aliphatic imine (C=N–C) groups is 1. The summed E-state index contributed by atoms with van der Waals surface area (Å²) in [5.74, 6) is 0.901. The van der Waals surface area contributed by atoms with Gasteiger partial charge in [-0.05, 0) is 26.7 Å². The second-order valence-corrected chi connectivity index (χ2v) is 9.02. The number of hydrogen-bond acceptors (Lipinski definition) is 5. The van der Waals surface area contributed by atoms with Crippen LogP contribution in [-0.2, 0) is 11.2 Å². The second-order valence-electron chi connectivity index (χ2n) is 7.74. The van der Waals surface area contributed by atoms with Gasteiger partial charge >= 0.3 is 0 Å². The number of morpholine rings is 1. The molecule has 1 aromatic heterocycles. The third-order valence-electron chi connectivity index (χ3n) is 5.98. The lowest BCUT2D eigenvalue weighted by molar-refractivity contribution is -0.0352. The minimum absolute atomic E-state index is 0.253. The van der Waals surface area contributed by atoms with Crippen molar-refractivity contribution in [3.05, 3.63) is 15.6 Å². The molecule has 2 fully saturated rings. The van der Waals surface area contributed by atoms with Crippen LogP contribution in [0.4, 0.5) is 0 Å². The van der Waals surface area contributed by atoms with Gasteiger partial charge in [-0.3, -0.25) is 9.89 Å². The first-order valence-electron chi connectivity index (χ1n) is 10.3. The second kappa shape index (κ2) is 9.85. The van der Waals surface area contributed by atoms with E-state index in [1.54, 1.807) is 11.3 Å². The molecule has 0 radical (unpaired) electrons. The zero-order valence-electron chi connectivity index (χ0n) is 17.1. The number of rotatable bonds is 6. The SMILES string of the molecule is CN=C(NCCc1nc(C)c(C)s1)NCC1(N2CCOCC2)CCCCC1. The van der Waals surface area contributed by atoms with Crippen molar-refractivity contribution in [3.63, 3.8) is 0 Å². The van der Waals surface area contributed by atoms with E-state index in [0.29, 0.717) is 0 Å². The Balaban J connectivity index is 1.51. The lowest BCUT2D eigenvalue weighted by atomic mass is 9.80. The van der Waals surface area contributed by atoms with Crippen molar-refractivity contribution in [3.8, 4) is 0 Å². The molecule has 27 heavy (non-hydrogen) atoms. The average Bonchev–Trinajstić information content (AvgIpc) is 3.03. The molecule has 2 N–H and O–H groups in total. The highest BCUT2D eigenvalue weighted by Gasteiger charge is 2.38. The van der Waals surface area contributed by atoms with Gasteiger partial charge in [0.2, 0.25) is 0 Å². The van der Waals surface area contributed by atoms with Gasteiger partial charge in [0.05, 0.1) is 23.9 Å². The smallest absolute Gasteiger partial charge is 0.191 e. The maximum atomic E-state index is 5.58. The van der Waals surface area contributed by atoms with E-state index in [0.717, 1.165) is 57.5 Å². The highest BCUT2D eigenvalue weighted by atomic mass is 32.1. The van der Waals surface area contributed by atoms with Gasteiger partial charge in [-0.1, -0.05) is 19.3 Å². The fourth-order valence-electron chi connectivity index (χ4n) is 4.26. The maximum absolute atomic E-state index is 5.58. The van der Waals surface area contributed by atoms with E-state index in [4.69, 9.17) is 4.74 Å². The zero-order chi connectivity index (χ0) is 19.1. The van der Waals surface area contributed by atoms with Gasteiger partial charge in [0.1, 0.15) is 0 Å². The molecule has 0 bridgehead atoms. The fourth-order valence-corrected chi connectivity index (χ4v) is 5.19. The highest BCUT2D eigenvalue weighted by molar-refractivity contribution is 7.11. The predicted molar refractivity (Wildman–Crippen MR) is 113 cm³/mol. The molecule has 0 atom stereocenters. The van der Waals surface area contributed by atoms with Crippen molar-refractivity contribution in [2.75, 3.05) is 46.4 Å². The Hall–Kier alpha value is -1.18. The molecule has 3 rings (SSSR count). The molecule has 0 amide bonds. The molecule has 0 spiro atoms.